The first kappa shape index (κ1) is 12.1. The highest BCUT2D eigenvalue weighted by molar-refractivity contribution is 9.10. The van der Waals surface area contributed by atoms with E-state index in [-0.39, 0.29) is 5.41 Å². The first-order valence-corrected chi connectivity index (χ1v) is 7.10. The predicted octanol–water partition coefficient (Wildman–Crippen LogP) is 4.29. The molecule has 1 aromatic heterocycles. The van der Waals surface area contributed by atoms with Crippen LogP contribution in [0.2, 0.25) is 0 Å². The monoisotopic (exact) mass is 297 g/mol. The molecule has 2 aromatic rings. The van der Waals surface area contributed by atoms with Crippen molar-refractivity contribution >= 4 is 37.4 Å². The molecule has 0 saturated heterocycles. The summed E-state index contributed by atoms with van der Waals surface area (Å²) in [5.41, 5.74) is 7.27. The zero-order valence-electron chi connectivity index (χ0n) is 9.59. The van der Waals surface area contributed by atoms with E-state index in [1.165, 1.54) is 20.1 Å². The third-order valence-electron chi connectivity index (χ3n) is 3.05. The molecule has 0 unspecified atom stereocenters. The number of halogens is 1. The van der Waals surface area contributed by atoms with Crippen molar-refractivity contribution in [1.29, 1.82) is 0 Å². The van der Waals surface area contributed by atoms with Crippen LogP contribution in [0.5, 0.6) is 0 Å². The van der Waals surface area contributed by atoms with Crippen LogP contribution in [0, 0.1) is 0 Å². The Morgan fingerprint density at radius 3 is 2.81 bits per heavy atom. The maximum atomic E-state index is 5.69. The van der Waals surface area contributed by atoms with Gasteiger partial charge < -0.3 is 5.73 Å². The highest BCUT2D eigenvalue weighted by atomic mass is 79.9. The van der Waals surface area contributed by atoms with Crippen LogP contribution in [0.4, 0.5) is 0 Å². The average molecular weight is 298 g/mol. The number of nitrogens with two attached hydrogens (primary N) is 1. The number of benzene rings is 1. The molecule has 0 radical (unpaired) electrons. The van der Waals surface area contributed by atoms with Crippen LogP contribution in [0.3, 0.4) is 0 Å². The Labute approximate surface area is 109 Å². The SMILES string of the molecule is CC(C)(CCN)c1csc2c(Br)cccc12. The average Bonchev–Trinajstić information content (AvgIpc) is 2.63. The van der Waals surface area contributed by atoms with E-state index < -0.39 is 0 Å². The zero-order valence-corrected chi connectivity index (χ0v) is 12.0. The van der Waals surface area contributed by atoms with E-state index in [1.54, 1.807) is 11.3 Å². The molecule has 0 amide bonds. The van der Waals surface area contributed by atoms with Crippen LogP contribution in [0.1, 0.15) is 25.8 Å². The lowest BCUT2D eigenvalue weighted by molar-refractivity contribution is 0.493. The molecule has 86 valence electrons. The number of hydrogen-bond acceptors (Lipinski definition) is 2. The van der Waals surface area contributed by atoms with Crippen molar-refractivity contribution in [2.75, 3.05) is 6.54 Å². The van der Waals surface area contributed by atoms with Gasteiger partial charge in [-0.05, 0) is 56.7 Å². The molecule has 0 bridgehead atoms. The lowest BCUT2D eigenvalue weighted by Crippen LogP contribution is -2.21. The second-order valence-corrected chi connectivity index (χ2v) is 6.42. The molecular formula is C13H16BrNS. The van der Waals surface area contributed by atoms with Crippen molar-refractivity contribution in [3.63, 3.8) is 0 Å². The molecule has 1 nitrogen and oxygen atoms in total. The third-order valence-corrected chi connectivity index (χ3v) is 5.00. The van der Waals surface area contributed by atoms with Gasteiger partial charge in [-0.2, -0.15) is 0 Å². The van der Waals surface area contributed by atoms with Crippen LogP contribution in [-0.2, 0) is 5.41 Å². The van der Waals surface area contributed by atoms with Crippen molar-refractivity contribution in [3.05, 3.63) is 33.6 Å². The summed E-state index contributed by atoms with van der Waals surface area (Å²) in [6, 6.07) is 6.39. The van der Waals surface area contributed by atoms with Crippen molar-refractivity contribution in [2.45, 2.75) is 25.7 Å². The summed E-state index contributed by atoms with van der Waals surface area (Å²) in [6.45, 7) is 5.27. The van der Waals surface area contributed by atoms with Gasteiger partial charge in [0.05, 0.1) is 0 Å². The number of rotatable bonds is 3. The van der Waals surface area contributed by atoms with Gasteiger partial charge in [0.2, 0.25) is 0 Å². The minimum atomic E-state index is 0.161. The molecule has 0 fully saturated rings. The maximum Gasteiger partial charge on any atom is 0.0487 e. The molecule has 0 aliphatic rings. The van der Waals surface area contributed by atoms with E-state index in [4.69, 9.17) is 5.73 Å². The fraction of sp³-hybridized carbons (Fsp3) is 0.385. The molecule has 1 aromatic carbocycles. The normalized spacial score (nSPS) is 12.2. The van der Waals surface area contributed by atoms with Gasteiger partial charge in [0, 0.05) is 9.17 Å². The molecule has 3 heteroatoms. The topological polar surface area (TPSA) is 26.0 Å². The Kier molecular flexibility index (Phi) is 3.38. The maximum absolute atomic E-state index is 5.69. The Morgan fingerprint density at radius 2 is 2.12 bits per heavy atom. The quantitative estimate of drug-likeness (QED) is 0.898. The van der Waals surface area contributed by atoms with Crippen LogP contribution in [0.15, 0.2) is 28.1 Å². The first-order valence-electron chi connectivity index (χ1n) is 5.42. The van der Waals surface area contributed by atoms with Crippen LogP contribution >= 0.6 is 27.3 Å². The first-order chi connectivity index (χ1) is 7.56. The summed E-state index contributed by atoms with van der Waals surface area (Å²) in [4.78, 5) is 0. The summed E-state index contributed by atoms with van der Waals surface area (Å²) < 4.78 is 2.52. The van der Waals surface area contributed by atoms with E-state index in [0.29, 0.717) is 0 Å². The van der Waals surface area contributed by atoms with Gasteiger partial charge in [0.25, 0.3) is 0 Å². The van der Waals surface area contributed by atoms with Crippen LogP contribution in [-0.4, -0.2) is 6.54 Å². The summed E-state index contributed by atoms with van der Waals surface area (Å²) >= 11 is 5.41. The van der Waals surface area contributed by atoms with Crippen molar-refractivity contribution in [2.24, 2.45) is 5.73 Å². The van der Waals surface area contributed by atoms with Gasteiger partial charge in [-0.1, -0.05) is 26.0 Å². The van der Waals surface area contributed by atoms with Crippen LogP contribution in [0.25, 0.3) is 10.1 Å². The minimum Gasteiger partial charge on any atom is -0.330 e. The molecule has 16 heavy (non-hydrogen) atoms. The minimum absolute atomic E-state index is 0.161. The van der Waals surface area contributed by atoms with E-state index in [9.17, 15) is 0 Å². The van der Waals surface area contributed by atoms with Gasteiger partial charge in [0.1, 0.15) is 0 Å². The summed E-state index contributed by atoms with van der Waals surface area (Å²) in [5, 5.41) is 3.63. The Morgan fingerprint density at radius 1 is 1.38 bits per heavy atom. The molecule has 2 rings (SSSR count). The number of thiophene rings is 1. The highest BCUT2D eigenvalue weighted by Crippen LogP contribution is 2.39. The van der Waals surface area contributed by atoms with E-state index in [1.807, 2.05) is 0 Å². The van der Waals surface area contributed by atoms with Crippen molar-refractivity contribution < 1.29 is 0 Å². The lowest BCUT2D eigenvalue weighted by atomic mass is 9.81. The standard InChI is InChI=1S/C13H16BrNS/c1-13(2,6-7-15)10-8-16-12-9(10)4-3-5-11(12)14/h3-5,8H,6-7,15H2,1-2H3. The molecule has 0 aliphatic carbocycles. The lowest BCUT2D eigenvalue weighted by Gasteiger charge is -2.23. The van der Waals surface area contributed by atoms with Gasteiger partial charge >= 0.3 is 0 Å². The molecule has 0 atom stereocenters. The predicted molar refractivity (Wildman–Crippen MR) is 76.2 cm³/mol. The van der Waals surface area contributed by atoms with Gasteiger partial charge in [0.15, 0.2) is 0 Å². The van der Waals surface area contributed by atoms with E-state index in [0.717, 1.165) is 13.0 Å². The molecule has 0 saturated carbocycles. The van der Waals surface area contributed by atoms with Crippen molar-refractivity contribution in [3.8, 4) is 0 Å². The summed E-state index contributed by atoms with van der Waals surface area (Å²) in [5.74, 6) is 0. The number of hydrogen-bond donors (Lipinski definition) is 1. The highest BCUT2D eigenvalue weighted by Gasteiger charge is 2.23. The second-order valence-electron chi connectivity index (χ2n) is 4.69. The molecule has 2 N–H and O–H groups in total. The molecule has 0 aliphatic heterocycles. The second kappa shape index (κ2) is 4.47. The fourth-order valence-electron chi connectivity index (χ4n) is 2.04. The van der Waals surface area contributed by atoms with E-state index >= 15 is 0 Å². The summed E-state index contributed by atoms with van der Waals surface area (Å²) in [7, 11) is 0. The zero-order chi connectivity index (χ0) is 11.8. The summed E-state index contributed by atoms with van der Waals surface area (Å²) in [6.07, 6.45) is 1.02. The molecular weight excluding hydrogens is 282 g/mol. The molecule has 0 spiro atoms. The van der Waals surface area contributed by atoms with Gasteiger partial charge in [-0.15, -0.1) is 11.3 Å². The van der Waals surface area contributed by atoms with E-state index in [2.05, 4.69) is 53.4 Å². The molecule has 1 heterocycles. The van der Waals surface area contributed by atoms with Gasteiger partial charge in [-0.25, -0.2) is 0 Å². The largest absolute Gasteiger partial charge is 0.330 e. The van der Waals surface area contributed by atoms with Crippen LogP contribution < -0.4 is 5.73 Å². The fourth-order valence-corrected chi connectivity index (χ4v) is 3.86. The smallest absolute Gasteiger partial charge is 0.0487 e. The third kappa shape index (κ3) is 2.04. The Balaban J connectivity index is 2.58. The number of fused-ring (bicyclic) bond motifs is 1. The Hall–Kier alpha value is -0.380. The Bertz CT molecular complexity index is 502. The van der Waals surface area contributed by atoms with Gasteiger partial charge in [-0.3, -0.25) is 0 Å². The van der Waals surface area contributed by atoms with Crippen molar-refractivity contribution in [1.82, 2.24) is 0 Å².